The Bertz CT molecular complexity index is 681. The van der Waals surface area contributed by atoms with Crippen LogP contribution < -0.4 is 20.7 Å². The highest BCUT2D eigenvalue weighted by Gasteiger charge is 2.24. The molecule has 1 aromatic rings. The highest BCUT2D eigenvalue weighted by atomic mass is 127. The van der Waals surface area contributed by atoms with Crippen molar-refractivity contribution >= 4 is 35.8 Å². The Morgan fingerprint density at radius 1 is 1.13 bits per heavy atom. The van der Waals surface area contributed by atoms with Gasteiger partial charge in [-0.2, -0.15) is 0 Å². The molecular formula is C23H39IN4O3. The standard InChI is InChI=1S/C23H38N4O3.HI/c1-4-24-23(26-13-6-12-25-22(28)19-8-5-9-19)27-17-20-11-10-18(2)16-21(20)30-15-7-14-29-3;/h10-11,16,19H,4-9,12-15,17H2,1-3H3,(H,25,28)(H2,24,26,27);1H. The van der Waals surface area contributed by atoms with Gasteiger partial charge in [0.2, 0.25) is 5.91 Å². The summed E-state index contributed by atoms with van der Waals surface area (Å²) >= 11 is 0. The van der Waals surface area contributed by atoms with Gasteiger partial charge in [0, 0.05) is 51.3 Å². The number of carbonyl (C=O) groups excluding carboxylic acids is 1. The molecule has 176 valence electrons. The first-order valence-electron chi connectivity index (χ1n) is 11.1. The lowest BCUT2D eigenvalue weighted by Gasteiger charge is -2.24. The Labute approximate surface area is 204 Å². The number of amides is 1. The third-order valence-corrected chi connectivity index (χ3v) is 5.15. The molecule has 1 aliphatic rings. The normalized spacial score (nSPS) is 13.7. The van der Waals surface area contributed by atoms with Crippen molar-refractivity contribution in [1.82, 2.24) is 16.0 Å². The fraction of sp³-hybridized carbons (Fsp3) is 0.652. The first kappa shape index (κ1) is 27.5. The predicted octanol–water partition coefficient (Wildman–Crippen LogP) is 3.39. The van der Waals surface area contributed by atoms with Gasteiger partial charge in [0.25, 0.3) is 0 Å². The van der Waals surface area contributed by atoms with Crippen LogP contribution in [0.25, 0.3) is 0 Å². The highest BCUT2D eigenvalue weighted by molar-refractivity contribution is 14.0. The van der Waals surface area contributed by atoms with Crippen molar-refractivity contribution in [3.05, 3.63) is 29.3 Å². The van der Waals surface area contributed by atoms with Gasteiger partial charge in [0.05, 0.1) is 13.2 Å². The molecule has 8 heteroatoms. The van der Waals surface area contributed by atoms with Crippen LogP contribution in [0.1, 0.15) is 50.2 Å². The zero-order chi connectivity index (χ0) is 21.6. The number of ether oxygens (including phenoxy) is 2. The maximum atomic E-state index is 11.9. The Kier molecular flexibility index (Phi) is 14.3. The average Bonchev–Trinajstić information content (AvgIpc) is 2.68. The van der Waals surface area contributed by atoms with Gasteiger partial charge in [0.1, 0.15) is 5.75 Å². The molecule has 1 aliphatic carbocycles. The molecule has 2 rings (SSSR count). The lowest BCUT2D eigenvalue weighted by atomic mass is 9.85. The molecule has 3 N–H and O–H groups in total. The van der Waals surface area contributed by atoms with E-state index in [-0.39, 0.29) is 35.8 Å². The number of aryl methyl sites for hydroxylation is 1. The third kappa shape index (κ3) is 10.5. The summed E-state index contributed by atoms with van der Waals surface area (Å²) in [5, 5.41) is 9.64. The Morgan fingerprint density at radius 2 is 1.90 bits per heavy atom. The number of nitrogens with zero attached hydrogens (tertiary/aromatic N) is 1. The molecule has 0 spiro atoms. The Morgan fingerprint density at radius 3 is 2.58 bits per heavy atom. The molecule has 0 unspecified atom stereocenters. The maximum absolute atomic E-state index is 11.9. The number of hydrogen-bond acceptors (Lipinski definition) is 4. The van der Waals surface area contributed by atoms with E-state index < -0.39 is 0 Å². The van der Waals surface area contributed by atoms with E-state index in [0.717, 1.165) is 56.0 Å². The summed E-state index contributed by atoms with van der Waals surface area (Å²) in [6.07, 6.45) is 4.98. The van der Waals surface area contributed by atoms with Crippen molar-refractivity contribution in [2.45, 2.75) is 52.5 Å². The first-order valence-corrected chi connectivity index (χ1v) is 11.1. The van der Waals surface area contributed by atoms with Crippen LogP contribution in [0.4, 0.5) is 0 Å². The topological polar surface area (TPSA) is 84.0 Å². The number of hydrogen-bond donors (Lipinski definition) is 3. The van der Waals surface area contributed by atoms with Crippen LogP contribution >= 0.6 is 24.0 Å². The highest BCUT2D eigenvalue weighted by Crippen LogP contribution is 2.26. The largest absolute Gasteiger partial charge is 0.493 e. The van der Waals surface area contributed by atoms with E-state index >= 15 is 0 Å². The summed E-state index contributed by atoms with van der Waals surface area (Å²) in [6.45, 7) is 8.20. The second-order valence-corrected chi connectivity index (χ2v) is 7.70. The minimum absolute atomic E-state index is 0. The molecular weight excluding hydrogens is 507 g/mol. The summed E-state index contributed by atoms with van der Waals surface area (Å²) < 4.78 is 11.0. The van der Waals surface area contributed by atoms with Crippen molar-refractivity contribution < 1.29 is 14.3 Å². The van der Waals surface area contributed by atoms with Crippen molar-refractivity contribution in [2.24, 2.45) is 10.9 Å². The maximum Gasteiger partial charge on any atom is 0.223 e. The fourth-order valence-electron chi connectivity index (χ4n) is 3.14. The van der Waals surface area contributed by atoms with E-state index in [1.165, 1.54) is 12.0 Å². The summed E-state index contributed by atoms with van der Waals surface area (Å²) in [5.41, 5.74) is 2.22. The minimum Gasteiger partial charge on any atom is -0.493 e. The fourth-order valence-corrected chi connectivity index (χ4v) is 3.14. The van der Waals surface area contributed by atoms with Gasteiger partial charge in [0.15, 0.2) is 5.96 Å². The van der Waals surface area contributed by atoms with Crippen LogP contribution in [-0.4, -0.2) is 51.8 Å². The molecule has 0 heterocycles. The van der Waals surface area contributed by atoms with E-state index in [0.29, 0.717) is 26.3 Å². The molecule has 0 atom stereocenters. The number of halogens is 1. The number of benzene rings is 1. The van der Waals surface area contributed by atoms with Gasteiger partial charge < -0.3 is 25.4 Å². The van der Waals surface area contributed by atoms with Crippen LogP contribution in [-0.2, 0) is 16.1 Å². The smallest absolute Gasteiger partial charge is 0.223 e. The van der Waals surface area contributed by atoms with Gasteiger partial charge in [-0.15, -0.1) is 24.0 Å². The Balaban J connectivity index is 0.00000480. The zero-order valence-electron chi connectivity index (χ0n) is 19.2. The van der Waals surface area contributed by atoms with Crippen molar-refractivity contribution in [1.29, 1.82) is 0 Å². The molecule has 1 saturated carbocycles. The molecule has 1 aromatic carbocycles. The quantitative estimate of drug-likeness (QED) is 0.153. The number of nitrogens with one attached hydrogen (secondary N) is 3. The average molecular weight is 546 g/mol. The molecule has 31 heavy (non-hydrogen) atoms. The molecule has 0 radical (unpaired) electrons. The van der Waals surface area contributed by atoms with Gasteiger partial charge in [-0.3, -0.25) is 4.79 Å². The van der Waals surface area contributed by atoms with Crippen LogP contribution in [0.15, 0.2) is 23.2 Å². The van der Waals surface area contributed by atoms with E-state index in [4.69, 9.17) is 14.5 Å². The first-order chi connectivity index (χ1) is 14.6. The number of carbonyl (C=O) groups is 1. The van der Waals surface area contributed by atoms with Gasteiger partial charge >= 0.3 is 0 Å². The number of guanidine groups is 1. The summed E-state index contributed by atoms with van der Waals surface area (Å²) in [6, 6.07) is 6.21. The second kappa shape index (κ2) is 16.1. The van der Waals surface area contributed by atoms with Crippen LogP contribution in [0.5, 0.6) is 5.75 Å². The number of methoxy groups -OCH3 is 1. The van der Waals surface area contributed by atoms with Crippen molar-refractivity contribution in [3.63, 3.8) is 0 Å². The lowest BCUT2D eigenvalue weighted by Crippen LogP contribution is -2.39. The molecule has 1 amide bonds. The SMILES string of the molecule is CCNC(=NCc1ccc(C)cc1OCCCOC)NCCCNC(=O)C1CCC1.I. The monoisotopic (exact) mass is 546 g/mol. The molecule has 0 aliphatic heterocycles. The Hall–Kier alpha value is -1.55. The third-order valence-electron chi connectivity index (χ3n) is 5.15. The molecule has 7 nitrogen and oxygen atoms in total. The number of aliphatic imine (C=N–C) groups is 1. The van der Waals surface area contributed by atoms with E-state index in [9.17, 15) is 4.79 Å². The van der Waals surface area contributed by atoms with Crippen LogP contribution in [0.2, 0.25) is 0 Å². The molecule has 0 aromatic heterocycles. The molecule has 0 saturated heterocycles. The van der Waals surface area contributed by atoms with Gasteiger partial charge in [-0.1, -0.05) is 18.6 Å². The lowest BCUT2D eigenvalue weighted by molar-refractivity contribution is -0.127. The molecule has 1 fully saturated rings. The van der Waals surface area contributed by atoms with E-state index in [2.05, 4.69) is 41.1 Å². The van der Waals surface area contributed by atoms with Gasteiger partial charge in [-0.25, -0.2) is 4.99 Å². The zero-order valence-corrected chi connectivity index (χ0v) is 21.5. The summed E-state index contributed by atoms with van der Waals surface area (Å²) in [5.74, 6) is 2.11. The predicted molar refractivity (Wildman–Crippen MR) is 136 cm³/mol. The van der Waals surface area contributed by atoms with Crippen molar-refractivity contribution in [2.75, 3.05) is 40.0 Å². The van der Waals surface area contributed by atoms with Crippen molar-refractivity contribution in [3.8, 4) is 5.75 Å². The van der Waals surface area contributed by atoms with E-state index in [1.807, 2.05) is 6.92 Å². The summed E-state index contributed by atoms with van der Waals surface area (Å²) in [4.78, 5) is 16.6. The van der Waals surface area contributed by atoms with Crippen LogP contribution in [0.3, 0.4) is 0 Å². The van der Waals surface area contributed by atoms with Crippen LogP contribution in [0, 0.1) is 12.8 Å². The summed E-state index contributed by atoms with van der Waals surface area (Å²) in [7, 11) is 1.70. The molecule has 0 bridgehead atoms. The van der Waals surface area contributed by atoms with Gasteiger partial charge in [-0.05, 0) is 44.7 Å². The van der Waals surface area contributed by atoms with E-state index in [1.54, 1.807) is 7.11 Å². The number of rotatable bonds is 13. The second-order valence-electron chi connectivity index (χ2n) is 7.70. The minimum atomic E-state index is 0.